The highest BCUT2D eigenvalue weighted by molar-refractivity contribution is 5.74. The molecule has 4 nitrogen and oxygen atoms in total. The minimum Gasteiger partial charge on any atom is -0.396 e. The Labute approximate surface area is 133 Å². The summed E-state index contributed by atoms with van der Waals surface area (Å²) in [7, 11) is 0. The van der Waals surface area contributed by atoms with Gasteiger partial charge in [-0.15, -0.1) is 0 Å². The van der Waals surface area contributed by atoms with Crippen LogP contribution in [-0.2, 0) is 0 Å². The van der Waals surface area contributed by atoms with Crippen molar-refractivity contribution in [2.24, 2.45) is 5.92 Å². The van der Waals surface area contributed by atoms with Gasteiger partial charge in [0.2, 0.25) is 0 Å². The van der Waals surface area contributed by atoms with E-state index >= 15 is 0 Å². The van der Waals surface area contributed by atoms with E-state index in [0.29, 0.717) is 18.4 Å². The normalized spacial score (nSPS) is 22.9. The fourth-order valence-corrected chi connectivity index (χ4v) is 3.07. The summed E-state index contributed by atoms with van der Waals surface area (Å²) in [5.74, 6) is 0.721. The van der Waals surface area contributed by atoms with Crippen molar-refractivity contribution in [1.29, 1.82) is 0 Å². The van der Waals surface area contributed by atoms with Gasteiger partial charge in [0.05, 0.1) is 0 Å². The molecule has 2 amide bonds. The van der Waals surface area contributed by atoms with Gasteiger partial charge >= 0.3 is 6.03 Å². The van der Waals surface area contributed by atoms with Crippen LogP contribution in [0.1, 0.15) is 49.7 Å². The van der Waals surface area contributed by atoms with Crippen LogP contribution < -0.4 is 10.6 Å². The van der Waals surface area contributed by atoms with Crippen LogP contribution in [0.25, 0.3) is 0 Å². The van der Waals surface area contributed by atoms with Crippen LogP contribution in [0, 0.1) is 12.8 Å². The van der Waals surface area contributed by atoms with E-state index in [-0.39, 0.29) is 18.7 Å². The highest BCUT2D eigenvalue weighted by Crippen LogP contribution is 2.23. The highest BCUT2D eigenvalue weighted by Gasteiger charge is 2.21. The monoisotopic (exact) mass is 304 g/mol. The molecule has 1 aliphatic rings. The number of rotatable bonds is 5. The first-order valence-corrected chi connectivity index (χ1v) is 8.30. The van der Waals surface area contributed by atoms with Gasteiger partial charge in [0, 0.05) is 19.2 Å². The van der Waals surface area contributed by atoms with Crippen molar-refractivity contribution >= 4 is 6.03 Å². The standard InChI is InChI=1S/C18H28N2O2/c1-13-4-3-5-16(10-13)14(2)11-19-18(22)20-17-8-6-15(12-21)7-9-17/h3-5,10,14-15,17,21H,6-9,11-12H2,1-2H3,(H2,19,20,22). The molecule has 0 spiro atoms. The molecule has 22 heavy (non-hydrogen) atoms. The number of carbonyl (C=O) groups excluding carboxylic acids is 1. The molecular formula is C18H28N2O2. The highest BCUT2D eigenvalue weighted by atomic mass is 16.3. The Morgan fingerprint density at radius 3 is 2.68 bits per heavy atom. The minimum atomic E-state index is -0.0769. The first-order chi connectivity index (χ1) is 10.6. The summed E-state index contributed by atoms with van der Waals surface area (Å²) in [6, 6.07) is 8.58. The number of amides is 2. The van der Waals surface area contributed by atoms with E-state index < -0.39 is 0 Å². The number of carbonyl (C=O) groups is 1. The van der Waals surface area contributed by atoms with Crippen LogP contribution in [0.15, 0.2) is 24.3 Å². The van der Waals surface area contributed by atoms with Crippen molar-refractivity contribution in [3.63, 3.8) is 0 Å². The summed E-state index contributed by atoms with van der Waals surface area (Å²) in [5.41, 5.74) is 2.50. The Kier molecular flexibility index (Phi) is 6.25. The summed E-state index contributed by atoms with van der Waals surface area (Å²) in [4.78, 5) is 12.0. The Morgan fingerprint density at radius 2 is 2.05 bits per heavy atom. The van der Waals surface area contributed by atoms with Gasteiger partial charge in [0.15, 0.2) is 0 Å². The van der Waals surface area contributed by atoms with Crippen molar-refractivity contribution in [1.82, 2.24) is 10.6 Å². The number of aryl methyl sites for hydroxylation is 1. The maximum atomic E-state index is 12.0. The summed E-state index contributed by atoms with van der Waals surface area (Å²) in [6.07, 6.45) is 3.93. The third-order valence-electron chi connectivity index (χ3n) is 4.62. The molecule has 1 aromatic carbocycles. The Bertz CT molecular complexity index is 482. The lowest BCUT2D eigenvalue weighted by Gasteiger charge is -2.28. The van der Waals surface area contributed by atoms with Gasteiger partial charge in [0.1, 0.15) is 0 Å². The van der Waals surface area contributed by atoms with E-state index in [1.165, 1.54) is 11.1 Å². The molecule has 0 radical (unpaired) electrons. The minimum absolute atomic E-state index is 0.0769. The first-order valence-electron chi connectivity index (χ1n) is 8.30. The third-order valence-corrected chi connectivity index (χ3v) is 4.62. The number of aliphatic hydroxyl groups excluding tert-OH is 1. The summed E-state index contributed by atoms with van der Waals surface area (Å²) in [6.45, 7) is 5.12. The molecule has 0 aliphatic heterocycles. The summed E-state index contributed by atoms with van der Waals surface area (Å²) in [5, 5.41) is 15.2. The lowest BCUT2D eigenvalue weighted by atomic mass is 9.87. The SMILES string of the molecule is Cc1cccc(C(C)CNC(=O)NC2CCC(CO)CC2)c1. The van der Waals surface area contributed by atoms with Gasteiger partial charge in [-0.3, -0.25) is 0 Å². The van der Waals surface area contributed by atoms with E-state index in [9.17, 15) is 4.79 Å². The Balaban J connectivity index is 1.71. The second kappa shape index (κ2) is 8.18. The van der Waals surface area contributed by atoms with Crippen LogP contribution in [0.3, 0.4) is 0 Å². The molecule has 1 unspecified atom stereocenters. The Morgan fingerprint density at radius 1 is 1.32 bits per heavy atom. The van der Waals surface area contributed by atoms with Crippen molar-refractivity contribution in [3.8, 4) is 0 Å². The average Bonchev–Trinajstić information content (AvgIpc) is 2.53. The molecule has 1 saturated carbocycles. The van der Waals surface area contributed by atoms with Gasteiger partial charge in [-0.2, -0.15) is 0 Å². The van der Waals surface area contributed by atoms with Crippen molar-refractivity contribution in [3.05, 3.63) is 35.4 Å². The number of nitrogens with one attached hydrogen (secondary N) is 2. The van der Waals surface area contributed by atoms with Crippen molar-refractivity contribution in [2.75, 3.05) is 13.2 Å². The quantitative estimate of drug-likeness (QED) is 0.783. The molecule has 0 heterocycles. The smallest absolute Gasteiger partial charge is 0.315 e. The van der Waals surface area contributed by atoms with Crippen LogP contribution in [0.2, 0.25) is 0 Å². The first kappa shape index (κ1) is 16.8. The zero-order valence-electron chi connectivity index (χ0n) is 13.6. The molecule has 4 heteroatoms. The molecular weight excluding hydrogens is 276 g/mol. The topological polar surface area (TPSA) is 61.4 Å². The third kappa shape index (κ3) is 5.02. The van der Waals surface area contributed by atoms with Gasteiger partial charge in [-0.05, 0) is 50.0 Å². The van der Waals surface area contributed by atoms with Crippen LogP contribution >= 0.6 is 0 Å². The van der Waals surface area contributed by atoms with Crippen molar-refractivity contribution < 1.29 is 9.90 Å². The summed E-state index contributed by atoms with van der Waals surface area (Å²) < 4.78 is 0. The molecule has 122 valence electrons. The molecule has 0 aromatic heterocycles. The van der Waals surface area contributed by atoms with Gasteiger partial charge < -0.3 is 15.7 Å². The Hall–Kier alpha value is -1.55. The molecule has 1 atom stereocenters. The van der Waals surface area contributed by atoms with Crippen molar-refractivity contribution in [2.45, 2.75) is 51.5 Å². The molecule has 0 saturated heterocycles. The molecule has 3 N–H and O–H groups in total. The lowest BCUT2D eigenvalue weighted by molar-refractivity contribution is 0.174. The number of aliphatic hydroxyl groups is 1. The van der Waals surface area contributed by atoms with Gasteiger partial charge in [0.25, 0.3) is 0 Å². The lowest BCUT2D eigenvalue weighted by Crippen LogP contribution is -2.44. The predicted octanol–water partition coefficient (Wildman–Crippen LogP) is 2.95. The number of urea groups is 1. The molecule has 1 aromatic rings. The molecule has 0 bridgehead atoms. The zero-order valence-corrected chi connectivity index (χ0v) is 13.6. The zero-order chi connectivity index (χ0) is 15.9. The van der Waals surface area contributed by atoms with E-state index in [0.717, 1.165) is 25.7 Å². The number of hydrogen-bond donors (Lipinski definition) is 3. The molecule has 1 aliphatic carbocycles. The fraction of sp³-hybridized carbons (Fsp3) is 0.611. The second-order valence-corrected chi connectivity index (χ2v) is 6.57. The number of benzene rings is 1. The maximum Gasteiger partial charge on any atom is 0.315 e. The van der Waals surface area contributed by atoms with E-state index in [1.54, 1.807) is 0 Å². The molecule has 1 fully saturated rings. The van der Waals surface area contributed by atoms with Crippen LogP contribution in [-0.4, -0.2) is 30.3 Å². The van der Waals surface area contributed by atoms with Crippen LogP contribution in [0.4, 0.5) is 4.79 Å². The number of hydrogen-bond acceptors (Lipinski definition) is 2. The summed E-state index contributed by atoms with van der Waals surface area (Å²) >= 11 is 0. The molecule has 2 rings (SSSR count). The predicted molar refractivity (Wildman–Crippen MR) is 89.0 cm³/mol. The second-order valence-electron chi connectivity index (χ2n) is 6.57. The van der Waals surface area contributed by atoms with E-state index in [2.05, 4.69) is 48.7 Å². The van der Waals surface area contributed by atoms with Gasteiger partial charge in [-0.25, -0.2) is 4.79 Å². The van der Waals surface area contributed by atoms with E-state index in [4.69, 9.17) is 5.11 Å². The van der Waals surface area contributed by atoms with Crippen LogP contribution in [0.5, 0.6) is 0 Å². The largest absolute Gasteiger partial charge is 0.396 e. The maximum absolute atomic E-state index is 12.0. The fourth-order valence-electron chi connectivity index (χ4n) is 3.07. The van der Waals surface area contributed by atoms with E-state index in [1.807, 2.05) is 0 Å². The average molecular weight is 304 g/mol. The van der Waals surface area contributed by atoms with Gasteiger partial charge in [-0.1, -0.05) is 36.8 Å².